The topological polar surface area (TPSA) is 65.1 Å². The molecule has 8 heteroatoms. The molecule has 3 N–H and O–H groups in total. The molecule has 1 atom stereocenters. The Morgan fingerprint density at radius 3 is 2.59 bits per heavy atom. The van der Waals surface area contributed by atoms with Gasteiger partial charge < -0.3 is 9.62 Å². The number of anilines is 2. The van der Waals surface area contributed by atoms with Crippen molar-refractivity contribution >= 4 is 40.8 Å². The molecule has 3 aromatic rings. The van der Waals surface area contributed by atoms with Crippen LogP contribution in [0.5, 0.6) is 0 Å². The van der Waals surface area contributed by atoms with Crippen LogP contribution in [0.1, 0.15) is 25.5 Å². The number of hydrogen-bond donors (Lipinski definition) is 3. The summed E-state index contributed by atoms with van der Waals surface area (Å²) in [5.74, 6) is 0.690. The second-order valence-electron chi connectivity index (χ2n) is 6.23. The summed E-state index contributed by atoms with van der Waals surface area (Å²) < 4.78 is 2.17. The van der Waals surface area contributed by atoms with E-state index in [2.05, 4.69) is 56.4 Å². The van der Waals surface area contributed by atoms with Gasteiger partial charge >= 0.3 is 0 Å². The van der Waals surface area contributed by atoms with Gasteiger partial charge in [-0.2, -0.15) is 0 Å². The zero-order valence-electron chi connectivity index (χ0n) is 16.4. The van der Waals surface area contributed by atoms with Crippen LogP contribution in [-0.4, -0.2) is 21.6 Å². The lowest BCUT2D eigenvalue weighted by molar-refractivity contribution is 0.708. The normalized spacial score (nSPS) is 11.4. The molecule has 0 saturated heterocycles. The van der Waals surface area contributed by atoms with Gasteiger partial charge in [0.15, 0.2) is 5.11 Å². The molecule has 0 fully saturated rings. The molecule has 0 aliphatic rings. The van der Waals surface area contributed by atoms with Crippen molar-refractivity contribution in [2.75, 3.05) is 16.3 Å². The number of hydrazine groups is 1. The summed E-state index contributed by atoms with van der Waals surface area (Å²) >= 11 is 6.98. The molecule has 3 rings (SSSR count). The zero-order valence-corrected chi connectivity index (χ0v) is 18.0. The molecule has 0 saturated carbocycles. The number of nitrogens with one attached hydrogen (secondary N) is 3. The summed E-state index contributed by atoms with van der Waals surface area (Å²) in [6.07, 6.45) is 5.46. The van der Waals surface area contributed by atoms with Crippen molar-refractivity contribution in [3.05, 3.63) is 78.8 Å². The molecule has 2 aromatic heterocycles. The largest absolute Gasteiger partial charge is 0.355 e. The highest BCUT2D eigenvalue weighted by Crippen LogP contribution is 2.27. The minimum atomic E-state index is 0.109. The van der Waals surface area contributed by atoms with Crippen LogP contribution in [0.4, 0.5) is 11.5 Å². The van der Waals surface area contributed by atoms with E-state index >= 15 is 0 Å². The molecule has 1 unspecified atom stereocenters. The third-order valence-corrected chi connectivity index (χ3v) is 5.49. The van der Waals surface area contributed by atoms with E-state index in [1.807, 2.05) is 54.9 Å². The highest BCUT2D eigenvalue weighted by Gasteiger charge is 2.08. The Morgan fingerprint density at radius 2 is 1.93 bits per heavy atom. The maximum Gasteiger partial charge on any atom is 0.185 e. The van der Waals surface area contributed by atoms with Crippen molar-refractivity contribution in [1.29, 1.82) is 0 Å². The number of hydrogen-bond acceptors (Lipinski definition) is 6. The fourth-order valence-electron chi connectivity index (χ4n) is 2.62. The second kappa shape index (κ2) is 10.6. The van der Waals surface area contributed by atoms with Crippen LogP contribution in [0.3, 0.4) is 0 Å². The molecule has 0 amide bonds. The van der Waals surface area contributed by atoms with E-state index in [-0.39, 0.29) is 6.04 Å². The molecule has 0 spiro atoms. The zero-order chi connectivity index (χ0) is 20.5. The third-order valence-electron chi connectivity index (χ3n) is 4.12. The van der Waals surface area contributed by atoms with Crippen molar-refractivity contribution in [2.45, 2.75) is 24.8 Å². The molecule has 29 heavy (non-hydrogen) atoms. The fourth-order valence-corrected chi connectivity index (χ4v) is 3.67. The first-order valence-corrected chi connectivity index (χ1v) is 10.5. The van der Waals surface area contributed by atoms with Crippen molar-refractivity contribution in [3.8, 4) is 0 Å². The summed E-state index contributed by atoms with van der Waals surface area (Å²) in [6.45, 7) is 5.03. The lowest BCUT2D eigenvalue weighted by Gasteiger charge is -2.21. The molecular weight excluding hydrogens is 400 g/mol. The van der Waals surface area contributed by atoms with Crippen molar-refractivity contribution in [3.63, 3.8) is 0 Å². The van der Waals surface area contributed by atoms with Gasteiger partial charge in [-0.3, -0.25) is 15.8 Å². The van der Waals surface area contributed by atoms with Crippen LogP contribution in [0.2, 0.25) is 0 Å². The van der Waals surface area contributed by atoms with Crippen LogP contribution in [0.25, 0.3) is 0 Å². The van der Waals surface area contributed by atoms with Gasteiger partial charge in [0, 0.05) is 23.8 Å². The Kier molecular flexibility index (Phi) is 7.66. The number of thiocarbonyl (C=S) groups is 1. The first-order chi connectivity index (χ1) is 14.2. The molecule has 1 aromatic carbocycles. The minimum absolute atomic E-state index is 0.109. The summed E-state index contributed by atoms with van der Waals surface area (Å²) in [7, 11) is 0. The van der Waals surface area contributed by atoms with Crippen molar-refractivity contribution < 1.29 is 0 Å². The van der Waals surface area contributed by atoms with Gasteiger partial charge in [-0.1, -0.05) is 30.3 Å². The fraction of sp³-hybridized carbons (Fsp3) is 0.190. The van der Waals surface area contributed by atoms with Gasteiger partial charge in [0.25, 0.3) is 0 Å². The van der Waals surface area contributed by atoms with E-state index < -0.39 is 0 Å². The SMILES string of the molecule is CCN(Sc1ccc(NNC(=S)NC(C)c2ccccc2)nc1)c1cccnc1. The Morgan fingerprint density at radius 1 is 1.10 bits per heavy atom. The molecule has 0 aliphatic carbocycles. The monoisotopic (exact) mass is 424 g/mol. The van der Waals surface area contributed by atoms with Crippen LogP contribution in [0.15, 0.2) is 78.1 Å². The van der Waals surface area contributed by atoms with Crippen LogP contribution < -0.4 is 20.5 Å². The maximum atomic E-state index is 5.35. The van der Waals surface area contributed by atoms with Gasteiger partial charge in [-0.15, -0.1) is 0 Å². The van der Waals surface area contributed by atoms with Crippen LogP contribution in [0, 0.1) is 0 Å². The average Bonchev–Trinajstić information content (AvgIpc) is 2.78. The van der Waals surface area contributed by atoms with E-state index in [0.29, 0.717) is 10.9 Å². The van der Waals surface area contributed by atoms with E-state index in [9.17, 15) is 0 Å². The Bertz CT molecular complexity index is 890. The van der Waals surface area contributed by atoms with Crippen molar-refractivity contribution in [1.82, 2.24) is 20.7 Å². The molecule has 2 heterocycles. The highest BCUT2D eigenvalue weighted by atomic mass is 32.2. The van der Waals surface area contributed by atoms with E-state index in [4.69, 9.17) is 12.2 Å². The van der Waals surface area contributed by atoms with Gasteiger partial charge in [-0.05, 0) is 67.8 Å². The summed E-state index contributed by atoms with van der Waals surface area (Å²) in [6, 6.07) is 18.2. The standard InChI is InChI=1S/C21H24N6S2/c1-3-27(18-10-7-13-22-14-18)29-19-11-12-20(23-15-19)25-26-21(28)24-16(2)17-8-5-4-6-9-17/h4-16H,3H2,1-2H3,(H,23,25)(H2,24,26,28). The van der Waals surface area contributed by atoms with Crippen LogP contribution in [-0.2, 0) is 0 Å². The predicted molar refractivity (Wildman–Crippen MR) is 125 cm³/mol. The molecule has 6 nitrogen and oxygen atoms in total. The van der Waals surface area contributed by atoms with Crippen molar-refractivity contribution in [2.24, 2.45) is 0 Å². The highest BCUT2D eigenvalue weighted by molar-refractivity contribution is 8.00. The van der Waals surface area contributed by atoms with Crippen LogP contribution >= 0.6 is 24.2 Å². The quantitative estimate of drug-likeness (QED) is 0.276. The molecule has 0 aliphatic heterocycles. The third kappa shape index (κ3) is 6.33. The van der Waals surface area contributed by atoms with E-state index in [1.165, 1.54) is 5.56 Å². The number of rotatable bonds is 8. The second-order valence-corrected chi connectivity index (χ2v) is 7.74. The van der Waals surface area contributed by atoms with E-state index in [0.717, 1.165) is 17.1 Å². The number of aromatic nitrogens is 2. The first kappa shape index (κ1) is 20.9. The predicted octanol–water partition coefficient (Wildman–Crippen LogP) is 4.56. The average molecular weight is 425 g/mol. The first-order valence-electron chi connectivity index (χ1n) is 9.34. The Labute approximate surface area is 181 Å². The number of benzene rings is 1. The summed E-state index contributed by atoms with van der Waals surface area (Å²) in [5.41, 5.74) is 8.24. The lowest BCUT2D eigenvalue weighted by Crippen LogP contribution is -2.40. The lowest BCUT2D eigenvalue weighted by atomic mass is 10.1. The smallest absolute Gasteiger partial charge is 0.185 e. The Hall–Kier alpha value is -2.84. The van der Waals surface area contributed by atoms with E-state index in [1.54, 1.807) is 18.1 Å². The van der Waals surface area contributed by atoms with Gasteiger partial charge in [0.05, 0.1) is 17.9 Å². The van der Waals surface area contributed by atoms with Gasteiger partial charge in [0.1, 0.15) is 5.82 Å². The molecular formula is C21H24N6S2. The molecule has 0 radical (unpaired) electrons. The maximum absolute atomic E-state index is 5.35. The van der Waals surface area contributed by atoms with Gasteiger partial charge in [0.2, 0.25) is 0 Å². The van der Waals surface area contributed by atoms with Gasteiger partial charge in [-0.25, -0.2) is 4.98 Å². The molecule has 150 valence electrons. The summed E-state index contributed by atoms with van der Waals surface area (Å²) in [4.78, 5) is 9.67. The Balaban J connectivity index is 1.49. The number of pyridine rings is 2. The number of nitrogens with zero attached hydrogens (tertiary/aromatic N) is 3. The molecule has 0 bridgehead atoms. The minimum Gasteiger partial charge on any atom is -0.355 e. The summed E-state index contributed by atoms with van der Waals surface area (Å²) in [5, 5.41) is 3.75.